The van der Waals surface area contributed by atoms with E-state index in [-0.39, 0.29) is 5.91 Å². The lowest BCUT2D eigenvalue weighted by molar-refractivity contribution is -0.117. The summed E-state index contributed by atoms with van der Waals surface area (Å²) in [6.45, 7) is 0. The first-order valence-electron chi connectivity index (χ1n) is 6.27. The second-order valence-corrected chi connectivity index (χ2v) is 5.35. The van der Waals surface area contributed by atoms with Crippen LogP contribution in [0.2, 0.25) is 0 Å². The molecule has 1 amide bonds. The Labute approximate surface area is 121 Å². The van der Waals surface area contributed by atoms with Gasteiger partial charge in [-0.05, 0) is 35.9 Å². The molecule has 3 nitrogen and oxygen atoms in total. The molecule has 0 atom stereocenters. The molecule has 1 heterocycles. The molecule has 0 saturated carbocycles. The van der Waals surface area contributed by atoms with E-state index < -0.39 is 0 Å². The van der Waals surface area contributed by atoms with Gasteiger partial charge in [-0.2, -0.15) is 0 Å². The summed E-state index contributed by atoms with van der Waals surface area (Å²) in [5, 5.41) is 3.71. The quantitative estimate of drug-likeness (QED) is 0.934. The highest BCUT2D eigenvalue weighted by Crippen LogP contribution is 2.24. The van der Waals surface area contributed by atoms with E-state index in [1.807, 2.05) is 60.7 Å². The average molecular weight is 283 g/mol. The maximum Gasteiger partial charge on any atom is 0.235 e. The first-order chi connectivity index (χ1) is 9.79. The average Bonchev–Trinajstić information content (AvgIpc) is 2.88. The second-order valence-electron chi connectivity index (χ2n) is 4.33. The summed E-state index contributed by atoms with van der Waals surface area (Å²) in [5.74, 6) is 2.17. The van der Waals surface area contributed by atoms with Gasteiger partial charge in [-0.15, -0.1) is 0 Å². The van der Waals surface area contributed by atoms with E-state index in [4.69, 9.17) is 4.74 Å². The van der Waals surface area contributed by atoms with Crippen molar-refractivity contribution in [3.05, 3.63) is 65.2 Å². The fourth-order valence-corrected chi connectivity index (χ4v) is 2.60. The summed E-state index contributed by atoms with van der Waals surface area (Å²) in [6, 6.07) is 17.4. The maximum absolute atomic E-state index is 11.1. The fourth-order valence-electron chi connectivity index (χ4n) is 1.84. The van der Waals surface area contributed by atoms with Gasteiger partial charge in [0, 0.05) is 0 Å². The van der Waals surface area contributed by atoms with Gasteiger partial charge in [-0.25, -0.2) is 0 Å². The lowest BCUT2D eigenvalue weighted by atomic mass is 10.2. The van der Waals surface area contributed by atoms with Crippen LogP contribution in [0.4, 0.5) is 0 Å². The van der Waals surface area contributed by atoms with Crippen LogP contribution < -0.4 is 10.1 Å². The van der Waals surface area contributed by atoms with Crippen molar-refractivity contribution in [2.75, 3.05) is 5.75 Å². The Hall–Kier alpha value is -2.20. The van der Waals surface area contributed by atoms with E-state index in [1.54, 1.807) is 0 Å². The Morgan fingerprint density at radius 2 is 1.70 bits per heavy atom. The molecule has 4 heteroatoms. The van der Waals surface area contributed by atoms with Crippen molar-refractivity contribution in [2.45, 2.75) is 0 Å². The van der Waals surface area contributed by atoms with Crippen molar-refractivity contribution in [2.24, 2.45) is 0 Å². The number of thioether (sulfide) groups is 1. The molecule has 1 saturated heterocycles. The highest BCUT2D eigenvalue weighted by Gasteiger charge is 2.14. The third-order valence-electron chi connectivity index (χ3n) is 2.78. The Morgan fingerprint density at radius 3 is 2.35 bits per heavy atom. The Morgan fingerprint density at radius 1 is 1.00 bits per heavy atom. The summed E-state index contributed by atoms with van der Waals surface area (Å²) in [4.78, 5) is 11.1. The van der Waals surface area contributed by atoms with Crippen LogP contribution in [0.5, 0.6) is 11.5 Å². The van der Waals surface area contributed by atoms with Crippen LogP contribution in [0.1, 0.15) is 5.56 Å². The van der Waals surface area contributed by atoms with Gasteiger partial charge in [-0.3, -0.25) is 4.79 Å². The minimum absolute atomic E-state index is 0.0604. The molecule has 1 fully saturated rings. The zero-order valence-corrected chi connectivity index (χ0v) is 11.5. The van der Waals surface area contributed by atoms with Crippen molar-refractivity contribution in [1.29, 1.82) is 0 Å². The van der Waals surface area contributed by atoms with Gasteiger partial charge >= 0.3 is 0 Å². The van der Waals surface area contributed by atoms with Gasteiger partial charge < -0.3 is 10.1 Å². The second kappa shape index (κ2) is 5.84. The van der Waals surface area contributed by atoms with Crippen LogP contribution in [-0.4, -0.2) is 11.7 Å². The number of hydrogen-bond acceptors (Lipinski definition) is 3. The number of carbonyl (C=O) groups is 1. The molecule has 0 radical (unpaired) electrons. The molecule has 0 unspecified atom stereocenters. The highest BCUT2D eigenvalue weighted by atomic mass is 32.2. The van der Waals surface area contributed by atoms with Crippen molar-refractivity contribution in [3.63, 3.8) is 0 Å². The SMILES string of the molecule is O=C1CS/C(=C\c2ccc(Oc3ccccc3)cc2)N1. The van der Waals surface area contributed by atoms with Crippen LogP contribution in [0.15, 0.2) is 59.6 Å². The molecule has 0 aliphatic carbocycles. The molecule has 1 aliphatic heterocycles. The van der Waals surface area contributed by atoms with Crippen molar-refractivity contribution < 1.29 is 9.53 Å². The number of benzene rings is 2. The monoisotopic (exact) mass is 283 g/mol. The summed E-state index contributed by atoms with van der Waals surface area (Å²) >= 11 is 1.52. The van der Waals surface area contributed by atoms with E-state index in [2.05, 4.69) is 5.32 Å². The standard InChI is InChI=1S/C16H13NO2S/c18-15-11-20-16(17-15)10-12-6-8-14(9-7-12)19-13-4-2-1-3-5-13/h1-10H,11H2,(H,17,18)/b16-10-. The van der Waals surface area contributed by atoms with Crippen LogP contribution in [0, 0.1) is 0 Å². The van der Waals surface area contributed by atoms with Gasteiger partial charge in [0.2, 0.25) is 5.91 Å². The van der Waals surface area contributed by atoms with Crippen LogP contribution >= 0.6 is 11.8 Å². The molecule has 0 bridgehead atoms. The molecular weight excluding hydrogens is 270 g/mol. The lowest BCUT2D eigenvalue weighted by Gasteiger charge is -2.05. The molecule has 0 spiro atoms. The van der Waals surface area contributed by atoms with Crippen molar-refractivity contribution in [3.8, 4) is 11.5 Å². The van der Waals surface area contributed by atoms with E-state index in [9.17, 15) is 4.79 Å². The molecular formula is C16H13NO2S. The molecule has 3 rings (SSSR count). The smallest absolute Gasteiger partial charge is 0.235 e. The summed E-state index contributed by atoms with van der Waals surface area (Å²) in [6.07, 6.45) is 1.96. The Bertz CT molecular complexity index is 635. The van der Waals surface area contributed by atoms with E-state index >= 15 is 0 Å². The molecule has 2 aromatic rings. The van der Waals surface area contributed by atoms with Crippen molar-refractivity contribution in [1.82, 2.24) is 5.32 Å². The highest BCUT2D eigenvalue weighted by molar-refractivity contribution is 8.04. The van der Waals surface area contributed by atoms with E-state index in [0.717, 1.165) is 22.1 Å². The number of hydrogen-bond donors (Lipinski definition) is 1. The Balaban J connectivity index is 1.70. The maximum atomic E-state index is 11.1. The van der Waals surface area contributed by atoms with Crippen molar-refractivity contribution >= 4 is 23.7 Å². The lowest BCUT2D eigenvalue weighted by Crippen LogP contribution is -2.13. The Kier molecular flexibility index (Phi) is 3.74. The zero-order valence-electron chi connectivity index (χ0n) is 10.7. The molecule has 1 aliphatic rings. The molecule has 2 aromatic carbocycles. The van der Waals surface area contributed by atoms with Gasteiger partial charge in [0.1, 0.15) is 11.5 Å². The molecule has 1 N–H and O–H groups in total. The number of para-hydroxylation sites is 1. The minimum Gasteiger partial charge on any atom is -0.457 e. The topological polar surface area (TPSA) is 38.3 Å². The fraction of sp³-hybridized carbons (Fsp3) is 0.0625. The number of carbonyl (C=O) groups excluding carboxylic acids is 1. The number of ether oxygens (including phenoxy) is 1. The molecule has 20 heavy (non-hydrogen) atoms. The minimum atomic E-state index is 0.0604. The molecule has 0 aromatic heterocycles. The zero-order chi connectivity index (χ0) is 13.8. The van der Waals surface area contributed by atoms with Gasteiger partial charge in [0.05, 0.1) is 10.8 Å². The summed E-state index contributed by atoms with van der Waals surface area (Å²) in [5.41, 5.74) is 1.04. The van der Waals surface area contributed by atoms with Gasteiger partial charge in [-0.1, -0.05) is 42.1 Å². The van der Waals surface area contributed by atoms with Crippen LogP contribution in [0.25, 0.3) is 6.08 Å². The molecule has 100 valence electrons. The first kappa shape index (κ1) is 12.8. The number of amides is 1. The van der Waals surface area contributed by atoms with Gasteiger partial charge in [0.15, 0.2) is 0 Å². The largest absolute Gasteiger partial charge is 0.457 e. The summed E-state index contributed by atoms with van der Waals surface area (Å²) < 4.78 is 5.72. The number of nitrogens with one attached hydrogen (secondary N) is 1. The van der Waals surface area contributed by atoms with E-state index in [1.165, 1.54) is 11.8 Å². The van der Waals surface area contributed by atoms with Gasteiger partial charge in [0.25, 0.3) is 0 Å². The summed E-state index contributed by atoms with van der Waals surface area (Å²) in [7, 11) is 0. The van der Waals surface area contributed by atoms with Crippen LogP contribution in [-0.2, 0) is 4.79 Å². The third-order valence-corrected chi connectivity index (χ3v) is 3.72. The first-order valence-corrected chi connectivity index (χ1v) is 7.25. The number of rotatable bonds is 3. The normalized spacial score (nSPS) is 16.2. The third kappa shape index (κ3) is 3.22. The van der Waals surface area contributed by atoms with E-state index in [0.29, 0.717) is 5.75 Å². The predicted octanol–water partition coefficient (Wildman–Crippen LogP) is 3.64. The predicted molar refractivity (Wildman–Crippen MR) is 81.5 cm³/mol. The van der Waals surface area contributed by atoms with Crippen LogP contribution in [0.3, 0.4) is 0 Å².